The van der Waals surface area contributed by atoms with Crippen LogP contribution in [0.5, 0.6) is 0 Å². The fourth-order valence-electron chi connectivity index (χ4n) is 2.77. The van der Waals surface area contributed by atoms with Gasteiger partial charge < -0.3 is 20.7 Å². The van der Waals surface area contributed by atoms with E-state index in [9.17, 15) is 4.79 Å². The average molecular weight is 255 g/mol. The lowest BCUT2D eigenvalue weighted by atomic mass is 10.2. The summed E-state index contributed by atoms with van der Waals surface area (Å²) in [6, 6.07) is 0.328. The van der Waals surface area contributed by atoms with E-state index in [1.54, 1.807) is 0 Å². The highest BCUT2D eigenvalue weighted by atomic mass is 16.6. The molecular weight excluding hydrogens is 230 g/mol. The first kappa shape index (κ1) is 13.6. The molecule has 2 aliphatic rings. The summed E-state index contributed by atoms with van der Waals surface area (Å²) >= 11 is 0. The van der Waals surface area contributed by atoms with Crippen molar-refractivity contribution < 1.29 is 9.53 Å². The third-order valence-corrected chi connectivity index (χ3v) is 3.63. The Labute approximate surface area is 109 Å². The summed E-state index contributed by atoms with van der Waals surface area (Å²) in [6.07, 6.45) is 0.777. The number of nitrogens with one attached hydrogen (secondary N) is 1. The molecule has 0 radical (unpaired) electrons. The van der Waals surface area contributed by atoms with Crippen LogP contribution in [0.2, 0.25) is 0 Å². The zero-order valence-corrected chi connectivity index (χ0v) is 11.6. The van der Waals surface area contributed by atoms with E-state index in [1.165, 1.54) is 0 Å². The zero-order valence-electron chi connectivity index (χ0n) is 11.6. The molecule has 3 N–H and O–H groups in total. The predicted molar refractivity (Wildman–Crippen MR) is 70.2 cm³/mol. The number of alkyl carbamates (subject to hydrolysis) is 1. The van der Waals surface area contributed by atoms with Crippen LogP contribution in [-0.2, 0) is 4.74 Å². The van der Waals surface area contributed by atoms with Crippen molar-refractivity contribution in [3.05, 3.63) is 0 Å². The average Bonchev–Trinajstić information content (AvgIpc) is 2.72. The second-order valence-corrected chi connectivity index (χ2v) is 6.40. The maximum absolute atomic E-state index is 11.6. The topological polar surface area (TPSA) is 67.6 Å². The highest BCUT2D eigenvalue weighted by Crippen LogP contribution is 2.45. The Morgan fingerprint density at radius 3 is 2.50 bits per heavy atom. The van der Waals surface area contributed by atoms with E-state index in [0.29, 0.717) is 17.9 Å². The number of likely N-dealkylation sites (tertiary alicyclic amines) is 1. The molecule has 1 saturated heterocycles. The monoisotopic (exact) mass is 255 g/mol. The maximum Gasteiger partial charge on any atom is 0.407 e. The lowest BCUT2D eigenvalue weighted by Gasteiger charge is -2.22. The molecule has 18 heavy (non-hydrogen) atoms. The number of ether oxygens (including phenoxy) is 1. The summed E-state index contributed by atoms with van der Waals surface area (Å²) in [5.74, 6) is 1.24. The molecule has 2 unspecified atom stereocenters. The first-order chi connectivity index (χ1) is 8.40. The summed E-state index contributed by atoms with van der Waals surface area (Å²) in [7, 11) is 0. The van der Waals surface area contributed by atoms with E-state index in [4.69, 9.17) is 10.5 Å². The Balaban J connectivity index is 1.67. The Kier molecular flexibility index (Phi) is 3.82. The van der Waals surface area contributed by atoms with Crippen molar-refractivity contribution >= 4 is 6.09 Å². The largest absolute Gasteiger partial charge is 0.444 e. The van der Waals surface area contributed by atoms with E-state index in [1.807, 2.05) is 20.8 Å². The van der Waals surface area contributed by atoms with Crippen LogP contribution in [0.15, 0.2) is 0 Å². The van der Waals surface area contributed by atoms with E-state index in [-0.39, 0.29) is 6.09 Å². The number of carbonyl (C=O) groups is 1. The second-order valence-electron chi connectivity index (χ2n) is 6.40. The zero-order chi connectivity index (χ0) is 13.3. The second kappa shape index (κ2) is 5.05. The van der Waals surface area contributed by atoms with E-state index in [0.717, 1.165) is 32.6 Å². The number of hydrogen-bond donors (Lipinski definition) is 2. The Bertz CT molecular complexity index is 302. The van der Waals surface area contributed by atoms with Crippen molar-refractivity contribution in [2.24, 2.45) is 17.6 Å². The molecule has 5 nitrogen and oxygen atoms in total. The third kappa shape index (κ3) is 3.36. The fraction of sp³-hybridized carbons (Fsp3) is 0.923. The van der Waals surface area contributed by atoms with Gasteiger partial charge in [0.25, 0.3) is 0 Å². The van der Waals surface area contributed by atoms with Gasteiger partial charge in [0, 0.05) is 19.1 Å². The number of amides is 1. The summed E-state index contributed by atoms with van der Waals surface area (Å²) in [5, 5.41) is 2.98. The van der Waals surface area contributed by atoms with Crippen LogP contribution in [0.3, 0.4) is 0 Å². The van der Waals surface area contributed by atoms with E-state index < -0.39 is 5.60 Å². The lowest BCUT2D eigenvalue weighted by molar-refractivity contribution is 0.0514. The minimum atomic E-state index is -0.415. The number of fused-ring (bicyclic) bond motifs is 1. The molecule has 1 saturated carbocycles. The van der Waals surface area contributed by atoms with Crippen molar-refractivity contribution in [2.45, 2.75) is 38.8 Å². The quantitative estimate of drug-likeness (QED) is 0.779. The normalized spacial score (nSPS) is 31.0. The highest BCUT2D eigenvalue weighted by Gasteiger charge is 2.56. The molecule has 5 heteroatoms. The Morgan fingerprint density at radius 2 is 2.00 bits per heavy atom. The summed E-state index contributed by atoms with van der Waals surface area (Å²) in [4.78, 5) is 14.1. The molecule has 1 aliphatic heterocycles. The Morgan fingerprint density at radius 1 is 1.39 bits per heavy atom. The predicted octanol–water partition coefficient (Wildman–Crippen LogP) is 0.790. The summed E-state index contributed by atoms with van der Waals surface area (Å²) in [5.41, 5.74) is 5.09. The number of carbonyl (C=O) groups excluding carboxylic acids is 1. The van der Waals surface area contributed by atoms with Gasteiger partial charge in [0.1, 0.15) is 5.60 Å². The first-order valence-corrected chi connectivity index (χ1v) is 6.82. The minimum Gasteiger partial charge on any atom is -0.444 e. The van der Waals surface area contributed by atoms with Crippen LogP contribution in [0, 0.1) is 11.8 Å². The van der Waals surface area contributed by atoms with Gasteiger partial charge in [0.2, 0.25) is 0 Å². The smallest absolute Gasteiger partial charge is 0.407 e. The fourth-order valence-corrected chi connectivity index (χ4v) is 2.77. The van der Waals surface area contributed by atoms with Gasteiger partial charge in [-0.3, -0.25) is 0 Å². The SMILES string of the molecule is CC(C)(C)OC(=O)NC1C2CN(CCCN)CC21. The number of hydrogen-bond acceptors (Lipinski definition) is 4. The summed E-state index contributed by atoms with van der Waals surface area (Å²) < 4.78 is 5.27. The van der Waals surface area contributed by atoms with Gasteiger partial charge in [0.15, 0.2) is 0 Å². The lowest BCUT2D eigenvalue weighted by Crippen LogP contribution is -2.38. The van der Waals surface area contributed by atoms with Gasteiger partial charge in [-0.1, -0.05) is 0 Å². The highest BCUT2D eigenvalue weighted by molar-refractivity contribution is 5.68. The molecule has 104 valence electrons. The molecule has 0 aromatic heterocycles. The number of nitrogens with two attached hydrogens (primary N) is 1. The molecule has 0 aromatic rings. The molecule has 0 aromatic carbocycles. The van der Waals surface area contributed by atoms with E-state index >= 15 is 0 Å². The molecule has 1 amide bonds. The molecule has 2 fully saturated rings. The van der Waals surface area contributed by atoms with Gasteiger partial charge >= 0.3 is 6.09 Å². The van der Waals surface area contributed by atoms with Crippen molar-refractivity contribution in [2.75, 3.05) is 26.2 Å². The Hall–Kier alpha value is -0.810. The number of nitrogens with zero attached hydrogens (tertiary/aromatic N) is 1. The van der Waals surface area contributed by atoms with Gasteiger partial charge in [-0.25, -0.2) is 4.79 Å². The molecular formula is C13H25N3O2. The molecule has 1 heterocycles. The first-order valence-electron chi connectivity index (χ1n) is 6.82. The molecule has 0 bridgehead atoms. The van der Waals surface area contributed by atoms with Crippen LogP contribution in [0.1, 0.15) is 27.2 Å². The molecule has 1 aliphatic carbocycles. The van der Waals surface area contributed by atoms with Gasteiger partial charge in [-0.2, -0.15) is 0 Å². The van der Waals surface area contributed by atoms with Crippen LogP contribution in [0.25, 0.3) is 0 Å². The minimum absolute atomic E-state index is 0.282. The van der Waals surface area contributed by atoms with Crippen LogP contribution in [0.4, 0.5) is 4.79 Å². The molecule has 2 atom stereocenters. The van der Waals surface area contributed by atoms with Crippen molar-refractivity contribution in [3.8, 4) is 0 Å². The van der Waals surface area contributed by atoms with Crippen molar-refractivity contribution in [3.63, 3.8) is 0 Å². The van der Waals surface area contributed by atoms with E-state index in [2.05, 4.69) is 10.2 Å². The maximum atomic E-state index is 11.6. The van der Waals surface area contributed by atoms with Gasteiger partial charge in [-0.05, 0) is 52.1 Å². The van der Waals surface area contributed by atoms with Crippen LogP contribution >= 0.6 is 0 Å². The number of rotatable bonds is 4. The molecule has 2 rings (SSSR count). The van der Waals surface area contributed by atoms with Gasteiger partial charge in [0.05, 0.1) is 0 Å². The van der Waals surface area contributed by atoms with Crippen molar-refractivity contribution in [1.29, 1.82) is 0 Å². The van der Waals surface area contributed by atoms with Crippen LogP contribution < -0.4 is 11.1 Å². The van der Waals surface area contributed by atoms with Crippen molar-refractivity contribution in [1.82, 2.24) is 10.2 Å². The molecule has 0 spiro atoms. The number of piperidine rings is 1. The van der Waals surface area contributed by atoms with Gasteiger partial charge in [-0.15, -0.1) is 0 Å². The third-order valence-electron chi connectivity index (χ3n) is 3.63. The standard InChI is InChI=1S/C13H25N3O2/c1-13(2,3)18-12(17)15-11-9-7-16(6-4-5-14)8-10(9)11/h9-11H,4-8,14H2,1-3H3,(H,15,17). The van der Waals surface area contributed by atoms with Crippen LogP contribution in [-0.4, -0.2) is 48.8 Å². The summed E-state index contributed by atoms with van der Waals surface area (Å²) in [6.45, 7) is 9.67.